The Hall–Kier alpha value is -1.38. The second kappa shape index (κ2) is 1.56. The van der Waals surface area contributed by atoms with Gasteiger partial charge in [0.25, 0.3) is 0 Å². The van der Waals surface area contributed by atoms with Crippen molar-refractivity contribution in [3.05, 3.63) is 24.0 Å². The normalized spacial score (nSPS) is 16.0. The molecule has 0 saturated carbocycles. The lowest BCUT2D eigenvalue weighted by Crippen LogP contribution is -2.00. The first-order valence-electron chi connectivity index (χ1n) is 3.03. The van der Waals surface area contributed by atoms with Crippen molar-refractivity contribution in [1.29, 1.82) is 0 Å². The Labute approximate surface area is 57.3 Å². The average molecular weight is 135 g/mol. The molecule has 2 heterocycles. The zero-order chi connectivity index (χ0) is 7.14. The summed E-state index contributed by atoms with van der Waals surface area (Å²) < 4.78 is 1.39. The fourth-order valence-corrected chi connectivity index (χ4v) is 1.14. The molecular formula is C7H5NO2. The van der Waals surface area contributed by atoms with Crippen molar-refractivity contribution in [3.63, 3.8) is 0 Å². The third-order valence-electron chi connectivity index (χ3n) is 1.61. The lowest BCUT2D eigenvalue weighted by atomic mass is 10.3. The lowest BCUT2D eigenvalue weighted by molar-refractivity contribution is 0.0890. The summed E-state index contributed by atoms with van der Waals surface area (Å²) >= 11 is 0. The molecule has 0 aromatic carbocycles. The van der Waals surface area contributed by atoms with E-state index in [0.29, 0.717) is 5.69 Å². The van der Waals surface area contributed by atoms with Crippen LogP contribution in [0.15, 0.2) is 18.3 Å². The van der Waals surface area contributed by atoms with E-state index in [1.807, 2.05) is 0 Å². The molecule has 0 atom stereocenters. The van der Waals surface area contributed by atoms with Gasteiger partial charge in [-0.15, -0.1) is 0 Å². The van der Waals surface area contributed by atoms with E-state index < -0.39 is 0 Å². The molecule has 0 spiro atoms. The van der Waals surface area contributed by atoms with Crippen LogP contribution in [0.2, 0.25) is 0 Å². The van der Waals surface area contributed by atoms with Gasteiger partial charge in [-0.3, -0.25) is 14.2 Å². The number of ketones is 1. The maximum absolute atomic E-state index is 10.9. The van der Waals surface area contributed by atoms with Crippen LogP contribution >= 0.6 is 0 Å². The zero-order valence-electron chi connectivity index (χ0n) is 5.20. The number of hydrogen-bond donors (Lipinski definition) is 0. The Morgan fingerprint density at radius 1 is 1.40 bits per heavy atom. The van der Waals surface area contributed by atoms with Gasteiger partial charge in [-0.2, -0.15) is 0 Å². The molecule has 0 bridgehead atoms. The maximum Gasteiger partial charge on any atom is 0.239 e. The number of rotatable bonds is 0. The number of carbonyl (C=O) groups excluding carboxylic acids is 2. The van der Waals surface area contributed by atoms with Gasteiger partial charge in [-0.1, -0.05) is 0 Å². The summed E-state index contributed by atoms with van der Waals surface area (Å²) in [6.07, 6.45) is 1.65. The molecule has 0 aliphatic carbocycles. The number of nitrogens with zero attached hydrogens (tertiary/aromatic N) is 1. The highest BCUT2D eigenvalue weighted by Gasteiger charge is 2.25. The number of hydrogen-bond acceptors (Lipinski definition) is 2. The second-order valence-corrected chi connectivity index (χ2v) is 2.26. The number of Topliss-reactive ketones (excluding diaryl/α,β-unsaturated/α-hetero) is 1. The molecule has 0 N–H and O–H groups in total. The number of carbonyl (C=O) groups is 2. The third-order valence-corrected chi connectivity index (χ3v) is 1.61. The minimum absolute atomic E-state index is 0.0379. The van der Waals surface area contributed by atoms with E-state index in [9.17, 15) is 9.59 Å². The Balaban J connectivity index is 2.69. The SMILES string of the molecule is O=C1CC(=O)n2cccc21. The molecule has 1 aromatic rings. The van der Waals surface area contributed by atoms with Gasteiger partial charge in [0.15, 0.2) is 5.78 Å². The molecule has 50 valence electrons. The summed E-state index contributed by atoms with van der Waals surface area (Å²) in [7, 11) is 0. The van der Waals surface area contributed by atoms with Crippen molar-refractivity contribution in [2.45, 2.75) is 6.42 Å². The highest BCUT2D eigenvalue weighted by atomic mass is 16.2. The van der Waals surface area contributed by atoms with Gasteiger partial charge < -0.3 is 0 Å². The molecule has 0 unspecified atom stereocenters. The van der Waals surface area contributed by atoms with Gasteiger partial charge in [-0.05, 0) is 12.1 Å². The van der Waals surface area contributed by atoms with Gasteiger partial charge in [0.1, 0.15) is 0 Å². The molecule has 1 aromatic heterocycles. The molecule has 3 nitrogen and oxygen atoms in total. The number of fused-ring (bicyclic) bond motifs is 1. The van der Waals surface area contributed by atoms with Crippen LogP contribution in [0.3, 0.4) is 0 Å². The smallest absolute Gasteiger partial charge is 0.239 e. The quantitative estimate of drug-likeness (QED) is 0.491. The summed E-state index contributed by atoms with van der Waals surface area (Å²) in [5, 5.41) is 0. The van der Waals surface area contributed by atoms with Crippen LogP contribution in [0.25, 0.3) is 0 Å². The molecular weight excluding hydrogens is 130 g/mol. The van der Waals surface area contributed by atoms with Gasteiger partial charge in [-0.25, -0.2) is 0 Å². The molecule has 0 amide bonds. The van der Waals surface area contributed by atoms with Crippen LogP contribution in [-0.4, -0.2) is 16.3 Å². The summed E-state index contributed by atoms with van der Waals surface area (Å²) in [6.45, 7) is 0. The van der Waals surface area contributed by atoms with Crippen LogP contribution in [-0.2, 0) is 0 Å². The predicted octanol–water partition coefficient (Wildman–Crippen LogP) is 0.715. The second-order valence-electron chi connectivity index (χ2n) is 2.26. The molecule has 10 heavy (non-hydrogen) atoms. The fourth-order valence-electron chi connectivity index (χ4n) is 1.14. The third kappa shape index (κ3) is 0.492. The van der Waals surface area contributed by atoms with E-state index >= 15 is 0 Å². The number of aromatic nitrogens is 1. The first-order chi connectivity index (χ1) is 4.79. The summed E-state index contributed by atoms with van der Waals surface area (Å²) in [6, 6.07) is 3.36. The van der Waals surface area contributed by atoms with Crippen LogP contribution in [0.4, 0.5) is 0 Å². The Morgan fingerprint density at radius 2 is 2.20 bits per heavy atom. The molecule has 2 rings (SSSR count). The first-order valence-corrected chi connectivity index (χ1v) is 3.03. The van der Waals surface area contributed by atoms with Crippen LogP contribution in [0.1, 0.15) is 21.7 Å². The zero-order valence-corrected chi connectivity index (χ0v) is 5.20. The largest absolute Gasteiger partial charge is 0.292 e. The maximum atomic E-state index is 10.9. The van der Waals surface area contributed by atoms with Crippen molar-refractivity contribution in [1.82, 2.24) is 4.57 Å². The van der Waals surface area contributed by atoms with Gasteiger partial charge >= 0.3 is 0 Å². The van der Waals surface area contributed by atoms with Crippen molar-refractivity contribution in [2.75, 3.05) is 0 Å². The monoisotopic (exact) mass is 135 g/mol. The van der Waals surface area contributed by atoms with Crippen molar-refractivity contribution in [2.24, 2.45) is 0 Å². The summed E-state index contributed by atoms with van der Waals surface area (Å²) in [5.41, 5.74) is 0.519. The van der Waals surface area contributed by atoms with Crippen LogP contribution in [0.5, 0.6) is 0 Å². The van der Waals surface area contributed by atoms with Crippen molar-refractivity contribution < 1.29 is 9.59 Å². The van der Waals surface area contributed by atoms with Gasteiger partial charge in [0.2, 0.25) is 5.91 Å². The van der Waals surface area contributed by atoms with E-state index in [1.54, 1.807) is 18.3 Å². The van der Waals surface area contributed by atoms with E-state index in [1.165, 1.54) is 4.57 Å². The van der Waals surface area contributed by atoms with E-state index in [0.717, 1.165) is 0 Å². The van der Waals surface area contributed by atoms with E-state index in [2.05, 4.69) is 0 Å². The summed E-state index contributed by atoms with van der Waals surface area (Å²) in [5.74, 6) is -0.194. The average Bonchev–Trinajstić information content (AvgIpc) is 2.39. The molecule has 3 heteroatoms. The Kier molecular flexibility index (Phi) is 0.845. The lowest BCUT2D eigenvalue weighted by Gasteiger charge is -1.87. The van der Waals surface area contributed by atoms with E-state index in [4.69, 9.17) is 0 Å². The van der Waals surface area contributed by atoms with Gasteiger partial charge in [0, 0.05) is 6.20 Å². The minimum atomic E-state index is -0.120. The molecule has 0 fully saturated rings. The van der Waals surface area contributed by atoms with Crippen molar-refractivity contribution >= 4 is 11.7 Å². The first kappa shape index (κ1) is 5.41. The molecule has 1 aliphatic heterocycles. The van der Waals surface area contributed by atoms with Gasteiger partial charge in [0.05, 0.1) is 12.1 Å². The topological polar surface area (TPSA) is 39.1 Å². The van der Waals surface area contributed by atoms with Crippen LogP contribution < -0.4 is 0 Å². The fraction of sp³-hybridized carbons (Fsp3) is 0.143. The minimum Gasteiger partial charge on any atom is -0.292 e. The highest BCUT2D eigenvalue weighted by Crippen LogP contribution is 2.13. The van der Waals surface area contributed by atoms with Crippen LogP contribution in [0, 0.1) is 0 Å². The van der Waals surface area contributed by atoms with Crippen molar-refractivity contribution in [3.8, 4) is 0 Å². The highest BCUT2D eigenvalue weighted by molar-refractivity contribution is 6.14. The Morgan fingerprint density at radius 3 is 2.90 bits per heavy atom. The predicted molar refractivity (Wildman–Crippen MR) is 34.0 cm³/mol. The standard InChI is InChI=1S/C7H5NO2/c9-6-4-7(10)8-3-1-2-5(6)8/h1-3H,4H2. The summed E-state index contributed by atoms with van der Waals surface area (Å²) in [4.78, 5) is 21.8. The van der Waals surface area contributed by atoms with E-state index in [-0.39, 0.29) is 18.1 Å². The molecule has 0 saturated heterocycles. The molecule has 0 radical (unpaired) electrons. The Bertz CT molecular complexity index is 283. The molecule has 1 aliphatic rings.